The van der Waals surface area contributed by atoms with Gasteiger partial charge in [0.15, 0.2) is 0 Å². The van der Waals surface area contributed by atoms with E-state index in [1.165, 1.54) is 0 Å². The Labute approximate surface area is 114 Å². The minimum atomic E-state index is -0.552. The number of nitrogens with one attached hydrogen (secondary N) is 1. The molecule has 0 aromatic rings. The van der Waals surface area contributed by atoms with Gasteiger partial charge in [-0.1, -0.05) is 12.2 Å². The van der Waals surface area contributed by atoms with Gasteiger partial charge in [-0.2, -0.15) is 0 Å². The molecule has 19 heavy (non-hydrogen) atoms. The smallest absolute Gasteiger partial charge is 0.408 e. The SMILES string of the molecule is CC(C)(C)OC(=O)N[C@H]1CC=C[C@H]2CCCN2C1=O. The zero-order chi connectivity index (χ0) is 14.0. The number of fused-ring (bicyclic) bond motifs is 1. The second-order valence-corrected chi connectivity index (χ2v) is 6.10. The van der Waals surface area contributed by atoms with E-state index in [0.29, 0.717) is 6.42 Å². The van der Waals surface area contributed by atoms with E-state index < -0.39 is 17.7 Å². The molecule has 2 aliphatic heterocycles. The van der Waals surface area contributed by atoms with Gasteiger partial charge in [0, 0.05) is 6.54 Å². The summed E-state index contributed by atoms with van der Waals surface area (Å²) < 4.78 is 5.20. The molecule has 5 heteroatoms. The van der Waals surface area contributed by atoms with Crippen LogP contribution in [0.1, 0.15) is 40.0 Å². The average molecular weight is 266 g/mol. The highest BCUT2D eigenvalue weighted by Gasteiger charge is 2.34. The first-order valence-corrected chi connectivity index (χ1v) is 6.83. The maximum atomic E-state index is 12.3. The molecule has 0 saturated carbocycles. The van der Waals surface area contributed by atoms with Gasteiger partial charge in [0.05, 0.1) is 6.04 Å². The van der Waals surface area contributed by atoms with E-state index in [4.69, 9.17) is 4.74 Å². The van der Waals surface area contributed by atoms with Crippen LogP contribution in [0.4, 0.5) is 4.79 Å². The lowest BCUT2D eigenvalue weighted by Gasteiger charge is -2.26. The molecule has 1 fully saturated rings. The molecule has 106 valence electrons. The summed E-state index contributed by atoms with van der Waals surface area (Å²) in [4.78, 5) is 25.9. The normalized spacial score (nSPS) is 26.9. The monoisotopic (exact) mass is 266 g/mol. The Morgan fingerprint density at radius 3 is 2.89 bits per heavy atom. The molecule has 2 heterocycles. The lowest BCUT2D eigenvalue weighted by molar-refractivity contribution is -0.133. The van der Waals surface area contributed by atoms with Crippen molar-refractivity contribution in [1.29, 1.82) is 0 Å². The van der Waals surface area contributed by atoms with Gasteiger partial charge < -0.3 is 15.0 Å². The van der Waals surface area contributed by atoms with Crippen molar-refractivity contribution in [1.82, 2.24) is 10.2 Å². The van der Waals surface area contributed by atoms with E-state index in [-0.39, 0.29) is 11.9 Å². The van der Waals surface area contributed by atoms with Crippen molar-refractivity contribution in [3.63, 3.8) is 0 Å². The van der Waals surface area contributed by atoms with Crippen LogP contribution in [0, 0.1) is 0 Å². The molecule has 0 aromatic carbocycles. The molecule has 1 N–H and O–H groups in total. The molecule has 2 aliphatic rings. The van der Waals surface area contributed by atoms with Crippen molar-refractivity contribution >= 4 is 12.0 Å². The van der Waals surface area contributed by atoms with Gasteiger partial charge in [-0.15, -0.1) is 0 Å². The summed E-state index contributed by atoms with van der Waals surface area (Å²) in [5.41, 5.74) is -0.552. The summed E-state index contributed by atoms with van der Waals surface area (Å²) in [6, 6.07) is -0.299. The molecule has 5 nitrogen and oxygen atoms in total. The Bertz CT molecular complexity index is 398. The third kappa shape index (κ3) is 3.49. The van der Waals surface area contributed by atoms with Crippen LogP contribution < -0.4 is 5.32 Å². The van der Waals surface area contributed by atoms with Crippen LogP contribution in [0.3, 0.4) is 0 Å². The van der Waals surface area contributed by atoms with Crippen LogP contribution in [0.25, 0.3) is 0 Å². The molecule has 0 bridgehead atoms. The number of alkyl carbamates (subject to hydrolysis) is 1. The van der Waals surface area contributed by atoms with Crippen LogP contribution in [0.2, 0.25) is 0 Å². The second-order valence-electron chi connectivity index (χ2n) is 6.10. The highest BCUT2D eigenvalue weighted by Crippen LogP contribution is 2.23. The molecule has 0 unspecified atom stereocenters. The summed E-state index contributed by atoms with van der Waals surface area (Å²) in [6.45, 7) is 6.19. The average Bonchev–Trinajstić information content (AvgIpc) is 2.67. The van der Waals surface area contributed by atoms with E-state index >= 15 is 0 Å². The molecule has 0 radical (unpaired) electrons. The summed E-state index contributed by atoms with van der Waals surface area (Å²) in [7, 11) is 0. The molecular weight excluding hydrogens is 244 g/mol. The molecule has 1 saturated heterocycles. The lowest BCUT2D eigenvalue weighted by Crippen LogP contribution is -2.49. The largest absolute Gasteiger partial charge is 0.444 e. The maximum Gasteiger partial charge on any atom is 0.408 e. The highest BCUT2D eigenvalue weighted by molar-refractivity contribution is 5.87. The van der Waals surface area contributed by atoms with Crippen molar-refractivity contribution in [3.05, 3.63) is 12.2 Å². The Hall–Kier alpha value is -1.52. The number of amides is 2. The zero-order valence-corrected chi connectivity index (χ0v) is 11.8. The number of hydrogen-bond donors (Lipinski definition) is 1. The molecule has 0 aromatic heterocycles. The van der Waals surface area contributed by atoms with Crippen LogP contribution >= 0.6 is 0 Å². The minimum absolute atomic E-state index is 0.00152. The fraction of sp³-hybridized carbons (Fsp3) is 0.714. The fourth-order valence-electron chi connectivity index (χ4n) is 2.51. The predicted octanol–water partition coefficient (Wildman–Crippen LogP) is 1.83. The molecule has 0 aliphatic carbocycles. The van der Waals surface area contributed by atoms with E-state index in [9.17, 15) is 9.59 Å². The fourth-order valence-corrected chi connectivity index (χ4v) is 2.51. The highest BCUT2D eigenvalue weighted by atomic mass is 16.6. The van der Waals surface area contributed by atoms with Gasteiger partial charge in [-0.25, -0.2) is 4.79 Å². The van der Waals surface area contributed by atoms with Crippen molar-refractivity contribution < 1.29 is 14.3 Å². The summed E-state index contributed by atoms with van der Waals surface area (Å²) in [5.74, 6) is -0.00152. The van der Waals surface area contributed by atoms with Crippen molar-refractivity contribution in [2.45, 2.75) is 57.7 Å². The van der Waals surface area contributed by atoms with Gasteiger partial charge in [-0.3, -0.25) is 4.79 Å². The Morgan fingerprint density at radius 1 is 1.47 bits per heavy atom. The number of rotatable bonds is 1. The molecule has 2 atom stereocenters. The zero-order valence-electron chi connectivity index (χ0n) is 11.8. The van der Waals surface area contributed by atoms with Crippen LogP contribution in [0.5, 0.6) is 0 Å². The first-order valence-electron chi connectivity index (χ1n) is 6.83. The molecule has 2 rings (SSSR count). The standard InChI is InChI=1S/C14H22N2O3/c1-14(2,3)19-13(18)15-11-8-4-6-10-7-5-9-16(10)12(11)17/h4,6,10-11H,5,7-9H2,1-3H3,(H,15,18)/t10-,11-/m0/s1. The third-order valence-corrected chi connectivity index (χ3v) is 3.30. The van der Waals surface area contributed by atoms with E-state index in [0.717, 1.165) is 19.4 Å². The third-order valence-electron chi connectivity index (χ3n) is 3.30. The van der Waals surface area contributed by atoms with Crippen LogP contribution in [-0.2, 0) is 9.53 Å². The van der Waals surface area contributed by atoms with Crippen molar-refractivity contribution in [2.75, 3.05) is 6.54 Å². The van der Waals surface area contributed by atoms with Crippen molar-refractivity contribution in [2.24, 2.45) is 0 Å². The number of ether oxygens (including phenoxy) is 1. The Morgan fingerprint density at radius 2 is 2.21 bits per heavy atom. The summed E-state index contributed by atoms with van der Waals surface area (Å²) in [6.07, 6.45) is 6.10. The number of carbonyl (C=O) groups excluding carboxylic acids is 2. The molecular formula is C14H22N2O3. The number of carbonyl (C=O) groups is 2. The topological polar surface area (TPSA) is 58.6 Å². The number of hydrogen-bond acceptors (Lipinski definition) is 3. The lowest BCUT2D eigenvalue weighted by atomic mass is 10.2. The second kappa shape index (κ2) is 5.23. The predicted molar refractivity (Wildman–Crippen MR) is 71.6 cm³/mol. The minimum Gasteiger partial charge on any atom is -0.444 e. The van der Waals surface area contributed by atoms with Gasteiger partial charge in [0.2, 0.25) is 5.91 Å². The maximum absolute atomic E-state index is 12.3. The van der Waals surface area contributed by atoms with Crippen LogP contribution in [-0.4, -0.2) is 41.1 Å². The van der Waals surface area contributed by atoms with E-state index in [1.807, 2.05) is 11.0 Å². The first-order chi connectivity index (χ1) is 8.87. The Kier molecular flexibility index (Phi) is 3.83. The quantitative estimate of drug-likeness (QED) is 0.737. The van der Waals surface area contributed by atoms with Gasteiger partial charge >= 0.3 is 6.09 Å². The molecule has 0 spiro atoms. The Balaban J connectivity index is 1.98. The van der Waals surface area contributed by atoms with Gasteiger partial charge in [-0.05, 0) is 40.0 Å². The van der Waals surface area contributed by atoms with E-state index in [2.05, 4.69) is 11.4 Å². The van der Waals surface area contributed by atoms with Gasteiger partial charge in [0.25, 0.3) is 0 Å². The molecule has 2 amide bonds. The first kappa shape index (κ1) is 13.9. The summed E-state index contributed by atoms with van der Waals surface area (Å²) >= 11 is 0. The number of nitrogens with zero attached hydrogens (tertiary/aromatic N) is 1. The van der Waals surface area contributed by atoms with E-state index in [1.54, 1.807) is 20.8 Å². The van der Waals surface area contributed by atoms with Crippen LogP contribution in [0.15, 0.2) is 12.2 Å². The van der Waals surface area contributed by atoms with Crippen molar-refractivity contribution in [3.8, 4) is 0 Å². The summed E-state index contributed by atoms with van der Waals surface area (Å²) in [5, 5.41) is 2.67. The van der Waals surface area contributed by atoms with Gasteiger partial charge in [0.1, 0.15) is 11.6 Å².